The molecular formula is C40H39ClN2O7. The van der Waals surface area contributed by atoms with Gasteiger partial charge in [-0.05, 0) is 85.9 Å². The minimum Gasteiger partial charge on any atom is -0.507 e. The molecule has 2 aliphatic heterocycles. The van der Waals surface area contributed by atoms with Crippen molar-refractivity contribution in [2.75, 3.05) is 11.4 Å². The number of carboxylic acids is 1. The summed E-state index contributed by atoms with van der Waals surface area (Å²) in [4.78, 5) is 71.7. The lowest BCUT2D eigenvalue weighted by Crippen LogP contribution is -2.53. The molecule has 10 heteroatoms. The van der Waals surface area contributed by atoms with Crippen molar-refractivity contribution in [3.05, 3.63) is 106 Å². The van der Waals surface area contributed by atoms with Crippen LogP contribution in [0.5, 0.6) is 5.75 Å². The Bertz CT molecular complexity index is 1930. The van der Waals surface area contributed by atoms with Crippen LogP contribution in [0, 0.1) is 37.5 Å². The number of nitrogens with zero attached hydrogens (tertiary/aromatic N) is 2. The van der Waals surface area contributed by atoms with E-state index in [1.807, 2.05) is 48.5 Å². The molecule has 1 saturated carbocycles. The molecule has 258 valence electrons. The lowest BCUT2D eigenvalue weighted by molar-refractivity contribution is -0.141. The Morgan fingerprint density at radius 3 is 2.28 bits per heavy atom. The number of benzene rings is 3. The first-order chi connectivity index (χ1) is 24.0. The van der Waals surface area contributed by atoms with Crippen molar-refractivity contribution in [1.82, 2.24) is 4.90 Å². The van der Waals surface area contributed by atoms with E-state index in [1.54, 1.807) is 38.1 Å². The van der Waals surface area contributed by atoms with Crippen LogP contribution in [-0.2, 0) is 29.4 Å². The second-order valence-corrected chi connectivity index (χ2v) is 14.6. The van der Waals surface area contributed by atoms with Crippen LogP contribution in [-0.4, -0.2) is 51.3 Å². The molecule has 50 heavy (non-hydrogen) atoms. The number of carbonyl (C=O) groups excluding carboxylic acids is 4. The Labute approximate surface area is 295 Å². The van der Waals surface area contributed by atoms with Gasteiger partial charge in [-0.3, -0.25) is 28.9 Å². The number of aromatic hydroxyl groups is 1. The second-order valence-electron chi connectivity index (χ2n) is 14.1. The Hall–Kier alpha value is -4.76. The molecule has 6 atom stereocenters. The number of likely N-dealkylation sites (tertiary alicyclic amines) is 1. The van der Waals surface area contributed by atoms with E-state index in [-0.39, 0.29) is 48.8 Å². The standard InChI is InChI=1S/C40H39ClN2O7/c1-22-18-24(19-23(2)35(22)46)34-28-15-16-29-33(38(49)42(36(29)47)17-8-4-7-14-32(44)45)30(28)21-31-37(48)43(27-13-9-12-26(41)20-27)39(50)40(31,34)25-10-5-3-6-11-25/h3,5-6,9-13,15,18-20,29-31,33-34,46H,4,7-8,14,16-17,21H2,1-2H3,(H,44,45)/t29-,30+,31-,33-,34-,40+/m0/s1. The van der Waals surface area contributed by atoms with Gasteiger partial charge >= 0.3 is 5.97 Å². The molecule has 0 aromatic heterocycles. The largest absolute Gasteiger partial charge is 0.507 e. The summed E-state index contributed by atoms with van der Waals surface area (Å²) in [6, 6.07) is 19.8. The predicted molar refractivity (Wildman–Crippen MR) is 186 cm³/mol. The second kappa shape index (κ2) is 12.8. The van der Waals surface area contributed by atoms with Gasteiger partial charge in [-0.1, -0.05) is 78.2 Å². The lowest BCUT2D eigenvalue weighted by atomic mass is 9.49. The van der Waals surface area contributed by atoms with E-state index in [0.29, 0.717) is 53.1 Å². The molecule has 4 aliphatic rings. The summed E-state index contributed by atoms with van der Waals surface area (Å²) in [7, 11) is 0. The van der Waals surface area contributed by atoms with Gasteiger partial charge in [0.1, 0.15) is 5.75 Å². The normalized spacial score (nSPS) is 27.3. The molecule has 7 rings (SSSR count). The zero-order chi connectivity index (χ0) is 35.5. The summed E-state index contributed by atoms with van der Waals surface area (Å²) in [5.74, 6) is -5.33. The minimum atomic E-state index is -1.39. The third-order valence-electron chi connectivity index (χ3n) is 11.4. The Morgan fingerprint density at radius 2 is 1.60 bits per heavy atom. The number of hydrogen-bond acceptors (Lipinski definition) is 6. The Balaban J connectivity index is 1.38. The van der Waals surface area contributed by atoms with Crippen LogP contribution in [0.15, 0.2) is 78.4 Å². The molecule has 3 fully saturated rings. The monoisotopic (exact) mass is 694 g/mol. The number of aryl methyl sites for hydroxylation is 2. The van der Waals surface area contributed by atoms with E-state index in [2.05, 4.69) is 0 Å². The van der Waals surface area contributed by atoms with Gasteiger partial charge in [0.25, 0.3) is 0 Å². The van der Waals surface area contributed by atoms with Crippen molar-refractivity contribution in [2.45, 2.75) is 63.7 Å². The van der Waals surface area contributed by atoms with Crippen LogP contribution >= 0.6 is 11.6 Å². The number of carbonyl (C=O) groups is 5. The molecule has 2 N–H and O–H groups in total. The van der Waals surface area contributed by atoms with Gasteiger partial charge in [0.05, 0.1) is 28.9 Å². The average molecular weight is 695 g/mol. The van der Waals surface area contributed by atoms with Crippen LogP contribution in [0.1, 0.15) is 66.7 Å². The molecule has 2 saturated heterocycles. The van der Waals surface area contributed by atoms with Crippen LogP contribution in [0.25, 0.3) is 0 Å². The number of rotatable bonds is 9. The zero-order valence-electron chi connectivity index (χ0n) is 28.0. The van der Waals surface area contributed by atoms with Gasteiger partial charge in [-0.15, -0.1) is 0 Å². The van der Waals surface area contributed by atoms with Gasteiger partial charge in [-0.25, -0.2) is 4.90 Å². The number of anilines is 1. The first-order valence-corrected chi connectivity index (χ1v) is 17.6. The van der Waals surface area contributed by atoms with E-state index in [4.69, 9.17) is 16.7 Å². The Morgan fingerprint density at radius 1 is 0.880 bits per heavy atom. The molecule has 0 spiro atoms. The van der Waals surface area contributed by atoms with E-state index in [0.717, 1.165) is 11.1 Å². The van der Waals surface area contributed by atoms with Crippen molar-refractivity contribution >= 4 is 46.9 Å². The molecule has 2 heterocycles. The van der Waals surface area contributed by atoms with Crippen LogP contribution in [0.3, 0.4) is 0 Å². The number of allylic oxidation sites excluding steroid dienone is 2. The van der Waals surface area contributed by atoms with Gasteiger partial charge in [0.15, 0.2) is 0 Å². The first kappa shape index (κ1) is 33.7. The highest BCUT2D eigenvalue weighted by Gasteiger charge is 2.70. The van der Waals surface area contributed by atoms with Crippen molar-refractivity contribution in [1.29, 1.82) is 0 Å². The highest BCUT2D eigenvalue weighted by Crippen LogP contribution is 2.64. The third kappa shape index (κ3) is 5.16. The molecular weight excluding hydrogens is 656 g/mol. The number of aliphatic carboxylic acids is 1. The fraction of sp³-hybridized carbons (Fsp3) is 0.375. The molecule has 2 aliphatic carbocycles. The number of carboxylic acid groups (broad SMARTS) is 1. The van der Waals surface area contributed by atoms with E-state index in [1.165, 1.54) is 9.80 Å². The maximum atomic E-state index is 15.3. The van der Waals surface area contributed by atoms with Gasteiger partial charge < -0.3 is 10.2 Å². The maximum absolute atomic E-state index is 15.3. The Kier molecular flexibility index (Phi) is 8.67. The van der Waals surface area contributed by atoms with E-state index >= 15 is 4.79 Å². The molecule has 3 aromatic carbocycles. The summed E-state index contributed by atoms with van der Waals surface area (Å²) >= 11 is 6.39. The summed E-state index contributed by atoms with van der Waals surface area (Å²) in [5.41, 5.74) is 2.52. The number of amides is 4. The third-order valence-corrected chi connectivity index (χ3v) is 11.6. The SMILES string of the molecule is Cc1cc([C@H]2C3=CC[C@@H]4C(=O)N(CCCCCC(=O)O)C(=O)[C@@H]4[C@@H]3C[C@H]3C(=O)N(c4cccc(Cl)c4)C(=O)[C@@]23c2ccccc2)cc(C)c1O. The molecule has 3 aromatic rings. The fourth-order valence-corrected chi connectivity index (χ4v) is 9.47. The number of imide groups is 2. The van der Waals surface area contributed by atoms with Crippen LogP contribution in [0.4, 0.5) is 5.69 Å². The van der Waals surface area contributed by atoms with Crippen molar-refractivity contribution in [3.63, 3.8) is 0 Å². The summed E-state index contributed by atoms with van der Waals surface area (Å²) in [5, 5.41) is 20.2. The zero-order valence-corrected chi connectivity index (χ0v) is 28.7. The summed E-state index contributed by atoms with van der Waals surface area (Å²) in [6.07, 6.45) is 4.11. The predicted octanol–water partition coefficient (Wildman–Crippen LogP) is 6.47. The maximum Gasteiger partial charge on any atom is 0.303 e. The molecule has 4 amide bonds. The summed E-state index contributed by atoms with van der Waals surface area (Å²) in [6.45, 7) is 3.82. The number of fused-ring (bicyclic) bond motifs is 4. The number of unbranched alkanes of at least 4 members (excludes halogenated alkanes) is 2. The number of phenolic OH excluding ortho intramolecular Hbond substituents is 1. The number of phenols is 1. The van der Waals surface area contributed by atoms with E-state index in [9.17, 15) is 24.3 Å². The average Bonchev–Trinajstić information content (AvgIpc) is 3.47. The lowest BCUT2D eigenvalue weighted by Gasteiger charge is -2.51. The van der Waals surface area contributed by atoms with E-state index < -0.39 is 41.0 Å². The molecule has 0 bridgehead atoms. The molecule has 0 radical (unpaired) electrons. The van der Waals surface area contributed by atoms with Gasteiger partial charge in [0.2, 0.25) is 23.6 Å². The topological polar surface area (TPSA) is 132 Å². The van der Waals surface area contributed by atoms with Gasteiger partial charge in [-0.2, -0.15) is 0 Å². The number of hydrogen-bond donors (Lipinski definition) is 2. The van der Waals surface area contributed by atoms with Crippen molar-refractivity contribution in [3.8, 4) is 5.75 Å². The minimum absolute atomic E-state index is 0.0313. The van der Waals surface area contributed by atoms with Crippen molar-refractivity contribution < 1.29 is 34.2 Å². The smallest absolute Gasteiger partial charge is 0.303 e. The highest BCUT2D eigenvalue weighted by atomic mass is 35.5. The van der Waals surface area contributed by atoms with Gasteiger partial charge in [0, 0.05) is 23.9 Å². The van der Waals surface area contributed by atoms with Crippen LogP contribution < -0.4 is 4.90 Å². The number of halogens is 1. The quantitative estimate of drug-likeness (QED) is 0.149. The van der Waals surface area contributed by atoms with Crippen molar-refractivity contribution in [2.24, 2.45) is 23.7 Å². The summed E-state index contributed by atoms with van der Waals surface area (Å²) < 4.78 is 0. The van der Waals surface area contributed by atoms with Crippen LogP contribution in [0.2, 0.25) is 5.02 Å². The molecule has 0 unspecified atom stereocenters. The fourth-order valence-electron chi connectivity index (χ4n) is 9.28. The molecule has 9 nitrogen and oxygen atoms in total. The first-order valence-electron chi connectivity index (χ1n) is 17.2. The highest BCUT2D eigenvalue weighted by molar-refractivity contribution is 6.32.